The van der Waals surface area contributed by atoms with Crippen molar-refractivity contribution < 1.29 is 14.7 Å². The molecule has 4 unspecified atom stereocenters. The minimum absolute atomic E-state index is 0.0130. The Morgan fingerprint density at radius 3 is 1.83 bits per heavy atom. The number of carbonyl (C=O) groups is 2. The number of aromatic nitrogens is 4. The maximum atomic E-state index is 13.6. The Balaban J connectivity index is 1.26. The van der Waals surface area contributed by atoms with Gasteiger partial charge in [0.2, 0.25) is 11.8 Å². The van der Waals surface area contributed by atoms with Crippen LogP contribution in [0, 0.1) is 0 Å². The van der Waals surface area contributed by atoms with Crippen molar-refractivity contribution >= 4 is 33.9 Å². The Bertz CT molecular complexity index is 1530. The van der Waals surface area contributed by atoms with Gasteiger partial charge in [-0.15, -0.1) is 0 Å². The van der Waals surface area contributed by atoms with E-state index in [0.29, 0.717) is 37.3 Å². The van der Waals surface area contributed by atoms with Gasteiger partial charge in [0.05, 0.1) is 45.5 Å². The van der Waals surface area contributed by atoms with Crippen LogP contribution >= 0.6 is 0 Å². The second-order valence-corrected chi connectivity index (χ2v) is 10.7. The van der Waals surface area contributed by atoms with E-state index in [0.717, 1.165) is 22.1 Å². The molecule has 2 aromatic heterocycles. The summed E-state index contributed by atoms with van der Waals surface area (Å²) >= 11 is 0. The van der Waals surface area contributed by atoms with Crippen LogP contribution in [0.3, 0.4) is 0 Å². The lowest BCUT2D eigenvalue weighted by atomic mass is 9.99. The molecular weight excluding hydrogens is 520 g/mol. The molecule has 11 heteroatoms. The maximum absolute atomic E-state index is 13.6. The molecule has 0 bridgehead atoms. The van der Waals surface area contributed by atoms with Gasteiger partial charge in [0.1, 0.15) is 0 Å². The summed E-state index contributed by atoms with van der Waals surface area (Å²) in [6.07, 6.45) is 4.83. The summed E-state index contributed by atoms with van der Waals surface area (Å²) in [5.41, 5.74) is 17.1. The predicted octanol–water partition coefficient (Wildman–Crippen LogP) is 1.21. The molecule has 5 rings (SSSR count). The molecule has 0 aliphatic carbocycles. The first-order valence-corrected chi connectivity index (χ1v) is 14.0. The number of aliphatic hydroxyl groups excluding tert-OH is 1. The molecule has 4 aromatic rings. The van der Waals surface area contributed by atoms with E-state index in [4.69, 9.17) is 11.5 Å². The lowest BCUT2D eigenvalue weighted by Gasteiger charge is -2.46. The van der Waals surface area contributed by atoms with Gasteiger partial charge in [-0.25, -0.2) is 9.97 Å². The van der Waals surface area contributed by atoms with E-state index in [1.54, 1.807) is 22.2 Å². The summed E-state index contributed by atoms with van der Waals surface area (Å²) in [5.74, 6) is -0.415. The van der Waals surface area contributed by atoms with Gasteiger partial charge in [0.25, 0.3) is 0 Å². The molecule has 11 nitrogen and oxygen atoms in total. The van der Waals surface area contributed by atoms with Crippen LogP contribution in [0.4, 0.5) is 0 Å². The summed E-state index contributed by atoms with van der Waals surface area (Å²) in [6, 6.07) is 12.9. The normalized spacial score (nSPS) is 18.9. The molecule has 0 saturated carbocycles. The van der Waals surface area contributed by atoms with Gasteiger partial charge in [0, 0.05) is 57.0 Å². The molecule has 0 radical (unpaired) electrons. The zero-order chi connectivity index (χ0) is 28.9. The summed E-state index contributed by atoms with van der Waals surface area (Å²) in [7, 11) is 0. The number of rotatable bonds is 9. The highest BCUT2D eigenvalue weighted by Crippen LogP contribution is 2.22. The Morgan fingerprint density at radius 1 is 0.829 bits per heavy atom. The average molecular weight is 557 g/mol. The van der Waals surface area contributed by atoms with Gasteiger partial charge >= 0.3 is 0 Å². The lowest BCUT2D eigenvalue weighted by molar-refractivity contribution is -0.148. The number of amides is 2. The highest BCUT2D eigenvalue weighted by atomic mass is 16.3. The molecule has 1 aliphatic heterocycles. The second-order valence-electron chi connectivity index (χ2n) is 10.7. The number of hydrogen-bond donors (Lipinski definition) is 3. The maximum Gasteiger partial charge on any atom is 0.240 e. The molecule has 1 saturated heterocycles. The van der Waals surface area contributed by atoms with Gasteiger partial charge in [-0.05, 0) is 44.0 Å². The van der Waals surface area contributed by atoms with Crippen LogP contribution in [0.15, 0.2) is 60.9 Å². The number of piperazine rings is 1. The van der Waals surface area contributed by atoms with Crippen LogP contribution < -0.4 is 11.5 Å². The summed E-state index contributed by atoms with van der Waals surface area (Å²) < 4.78 is 0. The first-order chi connectivity index (χ1) is 19.8. The van der Waals surface area contributed by atoms with Crippen LogP contribution in [0.25, 0.3) is 22.1 Å². The zero-order valence-electron chi connectivity index (χ0n) is 23.1. The van der Waals surface area contributed by atoms with Crippen molar-refractivity contribution in [2.75, 3.05) is 19.7 Å². The molecular formula is C30H36N8O3. The van der Waals surface area contributed by atoms with Crippen molar-refractivity contribution in [2.45, 2.75) is 56.8 Å². The van der Waals surface area contributed by atoms with Crippen LogP contribution in [0.1, 0.15) is 31.2 Å². The largest absolute Gasteiger partial charge is 0.396 e. The number of nitrogens with two attached hydrogens (primary N) is 2. The van der Waals surface area contributed by atoms with E-state index in [1.807, 2.05) is 55.5 Å². The van der Waals surface area contributed by atoms with Crippen molar-refractivity contribution in [3.8, 4) is 0 Å². The summed E-state index contributed by atoms with van der Waals surface area (Å²) in [6.45, 7) is 2.52. The fourth-order valence-electron chi connectivity index (χ4n) is 5.43. The number of nitrogens with zero attached hydrogens (tertiary/aromatic N) is 6. The van der Waals surface area contributed by atoms with Crippen molar-refractivity contribution in [3.63, 3.8) is 0 Å². The molecule has 3 heterocycles. The van der Waals surface area contributed by atoms with E-state index in [1.165, 1.54) is 0 Å². The summed E-state index contributed by atoms with van der Waals surface area (Å²) in [5, 5.41) is 9.51. The molecule has 1 fully saturated rings. The fraction of sp³-hybridized carbons (Fsp3) is 0.400. The van der Waals surface area contributed by atoms with Gasteiger partial charge in [-0.2, -0.15) is 0 Å². The SMILES string of the molecule is CC1CN(C(=O)C(N)Cc2cnc3ccccc3n2)C(CCCO)CN1C(=O)C(N)Cc1cnc2ccccc2n1. The molecule has 41 heavy (non-hydrogen) atoms. The third-order valence-electron chi connectivity index (χ3n) is 7.59. The second kappa shape index (κ2) is 12.6. The Labute approximate surface area is 238 Å². The number of benzene rings is 2. The van der Waals surface area contributed by atoms with Crippen molar-refractivity contribution in [2.24, 2.45) is 11.5 Å². The van der Waals surface area contributed by atoms with Crippen molar-refractivity contribution in [1.82, 2.24) is 29.7 Å². The number of carbonyl (C=O) groups excluding carboxylic acids is 2. The van der Waals surface area contributed by atoms with Crippen LogP contribution in [-0.4, -0.2) is 90.5 Å². The fourth-order valence-corrected chi connectivity index (χ4v) is 5.43. The monoisotopic (exact) mass is 556 g/mol. The Morgan fingerprint density at radius 2 is 1.32 bits per heavy atom. The first-order valence-electron chi connectivity index (χ1n) is 14.0. The molecule has 2 amide bonds. The van der Waals surface area contributed by atoms with Crippen LogP contribution in [-0.2, 0) is 22.4 Å². The number of hydrogen-bond acceptors (Lipinski definition) is 9. The van der Waals surface area contributed by atoms with Crippen molar-refractivity contribution in [1.29, 1.82) is 0 Å². The standard InChI is InChI=1S/C30H36N8O3/c1-19-17-38(30(41)24(32)14-21-16-34-26-9-3-5-11-28(26)36-21)22(7-6-12-39)18-37(19)29(40)23(31)13-20-15-33-25-8-2-4-10-27(25)35-20/h2-5,8-11,15-16,19,22-24,39H,6-7,12-14,17-18,31-32H2,1H3. The van der Waals surface area contributed by atoms with E-state index < -0.39 is 12.1 Å². The zero-order valence-corrected chi connectivity index (χ0v) is 23.1. The Kier molecular flexibility index (Phi) is 8.77. The van der Waals surface area contributed by atoms with Gasteiger partial charge < -0.3 is 26.4 Å². The molecule has 1 aliphatic rings. The third-order valence-corrected chi connectivity index (χ3v) is 7.59. The van der Waals surface area contributed by atoms with E-state index in [9.17, 15) is 14.7 Å². The number of para-hydroxylation sites is 4. The topological polar surface area (TPSA) is 164 Å². The van der Waals surface area contributed by atoms with Crippen molar-refractivity contribution in [3.05, 3.63) is 72.3 Å². The third kappa shape index (κ3) is 6.48. The van der Waals surface area contributed by atoms with Crippen LogP contribution in [0.5, 0.6) is 0 Å². The molecule has 5 N–H and O–H groups in total. The molecule has 214 valence electrons. The lowest BCUT2D eigenvalue weighted by Crippen LogP contribution is -2.64. The molecule has 2 aromatic carbocycles. The highest BCUT2D eigenvalue weighted by Gasteiger charge is 2.39. The van der Waals surface area contributed by atoms with E-state index in [-0.39, 0.29) is 43.3 Å². The number of aliphatic hydroxyl groups is 1. The molecule has 4 atom stereocenters. The van der Waals surface area contributed by atoms with Gasteiger partial charge in [0.15, 0.2) is 0 Å². The van der Waals surface area contributed by atoms with E-state index in [2.05, 4.69) is 19.9 Å². The summed E-state index contributed by atoms with van der Waals surface area (Å²) in [4.78, 5) is 48.7. The minimum atomic E-state index is -0.815. The van der Waals surface area contributed by atoms with E-state index >= 15 is 0 Å². The molecule has 0 spiro atoms. The highest BCUT2D eigenvalue weighted by molar-refractivity contribution is 5.85. The quantitative estimate of drug-likeness (QED) is 0.275. The number of fused-ring (bicyclic) bond motifs is 2. The minimum Gasteiger partial charge on any atom is -0.396 e. The first kappa shape index (κ1) is 28.5. The van der Waals surface area contributed by atoms with Gasteiger partial charge in [-0.1, -0.05) is 24.3 Å². The average Bonchev–Trinajstić information content (AvgIpc) is 2.99. The predicted molar refractivity (Wildman–Crippen MR) is 155 cm³/mol. The van der Waals surface area contributed by atoms with Crippen LogP contribution in [0.2, 0.25) is 0 Å². The smallest absolute Gasteiger partial charge is 0.240 e. The van der Waals surface area contributed by atoms with Gasteiger partial charge in [-0.3, -0.25) is 19.6 Å². The Hall–Kier alpha value is -4.06.